The minimum atomic E-state index is -2.11. The SMILES string of the molecule is CC(C)(C)[Si](C)(C)OCc1ccnc(-c2cccc(CP(C)(C)=O)c2)n1. The van der Waals surface area contributed by atoms with Gasteiger partial charge in [0.05, 0.1) is 19.4 Å². The van der Waals surface area contributed by atoms with Crippen LogP contribution in [-0.2, 0) is 21.8 Å². The highest BCUT2D eigenvalue weighted by atomic mass is 31.2. The normalized spacial score (nSPS) is 13.0. The Balaban J connectivity index is 2.19. The first-order valence-corrected chi connectivity index (χ1v) is 14.7. The van der Waals surface area contributed by atoms with Gasteiger partial charge >= 0.3 is 0 Å². The molecule has 0 aliphatic rings. The van der Waals surface area contributed by atoms with Crippen molar-refractivity contribution in [1.29, 1.82) is 0 Å². The highest BCUT2D eigenvalue weighted by Crippen LogP contribution is 2.40. The second-order valence-corrected chi connectivity index (χ2v) is 17.1. The lowest BCUT2D eigenvalue weighted by molar-refractivity contribution is 0.272. The molecule has 6 heteroatoms. The average molecular weight is 391 g/mol. The van der Waals surface area contributed by atoms with Crippen LogP contribution in [0.3, 0.4) is 0 Å². The van der Waals surface area contributed by atoms with E-state index in [0.717, 1.165) is 16.8 Å². The first-order chi connectivity index (χ1) is 11.9. The summed E-state index contributed by atoms with van der Waals surface area (Å²) < 4.78 is 18.4. The molecule has 0 aliphatic carbocycles. The molecule has 0 bridgehead atoms. The van der Waals surface area contributed by atoms with Gasteiger partial charge in [0.2, 0.25) is 0 Å². The predicted molar refractivity (Wildman–Crippen MR) is 113 cm³/mol. The molecule has 0 unspecified atom stereocenters. The van der Waals surface area contributed by atoms with E-state index >= 15 is 0 Å². The van der Waals surface area contributed by atoms with Crippen LogP contribution < -0.4 is 0 Å². The number of aromatic nitrogens is 2. The molecule has 0 atom stereocenters. The third kappa shape index (κ3) is 5.87. The minimum absolute atomic E-state index is 0.172. The van der Waals surface area contributed by atoms with Crippen molar-refractivity contribution in [2.45, 2.75) is 51.7 Å². The maximum atomic E-state index is 12.1. The molecule has 4 nitrogen and oxygen atoms in total. The standard InChI is InChI=1S/C20H31N2O2PSi/c1-20(2,3)26(6,7)24-14-18-11-12-21-19(22-18)17-10-8-9-16(13-17)15-25(4,5)23/h8-13H,14-15H2,1-7H3. The molecule has 0 radical (unpaired) electrons. The van der Waals surface area contributed by atoms with Crippen LogP contribution in [0, 0.1) is 0 Å². The van der Waals surface area contributed by atoms with Gasteiger partial charge in [0.1, 0.15) is 0 Å². The Morgan fingerprint density at radius 2 is 1.85 bits per heavy atom. The van der Waals surface area contributed by atoms with Crippen LogP contribution in [-0.4, -0.2) is 31.6 Å². The van der Waals surface area contributed by atoms with Crippen molar-refractivity contribution >= 4 is 15.5 Å². The topological polar surface area (TPSA) is 52.1 Å². The van der Waals surface area contributed by atoms with Crippen LogP contribution in [0.25, 0.3) is 11.4 Å². The minimum Gasteiger partial charge on any atom is -0.411 e. The summed E-state index contributed by atoms with van der Waals surface area (Å²) >= 11 is 0. The van der Waals surface area contributed by atoms with Crippen molar-refractivity contribution in [2.75, 3.05) is 13.3 Å². The van der Waals surface area contributed by atoms with Gasteiger partial charge in [-0.2, -0.15) is 0 Å². The highest BCUT2D eigenvalue weighted by molar-refractivity contribution is 7.61. The summed E-state index contributed by atoms with van der Waals surface area (Å²) in [4.78, 5) is 9.10. The van der Waals surface area contributed by atoms with E-state index in [1.807, 2.05) is 43.7 Å². The molecule has 142 valence electrons. The van der Waals surface area contributed by atoms with Crippen LogP contribution in [0.5, 0.6) is 0 Å². The zero-order chi connectivity index (χ0) is 19.6. The molecule has 0 fully saturated rings. The second-order valence-electron chi connectivity index (χ2n) is 8.85. The Morgan fingerprint density at radius 3 is 2.46 bits per heavy atom. The van der Waals surface area contributed by atoms with E-state index < -0.39 is 15.5 Å². The van der Waals surface area contributed by atoms with E-state index in [9.17, 15) is 4.57 Å². The molecule has 0 saturated carbocycles. The second kappa shape index (κ2) is 7.75. The van der Waals surface area contributed by atoms with Crippen LogP contribution in [0.1, 0.15) is 32.0 Å². The fraction of sp³-hybridized carbons (Fsp3) is 0.500. The monoisotopic (exact) mass is 390 g/mol. The van der Waals surface area contributed by atoms with E-state index in [2.05, 4.69) is 43.8 Å². The zero-order valence-corrected chi connectivity index (χ0v) is 18.9. The highest BCUT2D eigenvalue weighted by Gasteiger charge is 2.37. The fourth-order valence-electron chi connectivity index (χ4n) is 2.33. The first-order valence-electron chi connectivity index (χ1n) is 8.97. The van der Waals surface area contributed by atoms with Crippen molar-refractivity contribution in [3.63, 3.8) is 0 Å². The zero-order valence-electron chi connectivity index (χ0n) is 17.0. The third-order valence-corrected chi connectivity index (χ3v) is 10.5. The Kier molecular flexibility index (Phi) is 6.27. The molecule has 1 aromatic heterocycles. The van der Waals surface area contributed by atoms with E-state index in [-0.39, 0.29) is 5.04 Å². The molecule has 2 aromatic rings. The van der Waals surface area contributed by atoms with Crippen LogP contribution in [0.15, 0.2) is 36.5 Å². The van der Waals surface area contributed by atoms with Gasteiger partial charge < -0.3 is 8.99 Å². The largest absolute Gasteiger partial charge is 0.411 e. The van der Waals surface area contributed by atoms with Gasteiger partial charge in [-0.15, -0.1) is 0 Å². The van der Waals surface area contributed by atoms with Crippen LogP contribution >= 0.6 is 7.14 Å². The molecule has 1 heterocycles. The predicted octanol–water partition coefficient (Wildman–Crippen LogP) is 5.79. The number of nitrogens with zero attached hydrogens (tertiary/aromatic N) is 2. The average Bonchev–Trinajstić information content (AvgIpc) is 2.51. The van der Waals surface area contributed by atoms with E-state index in [1.54, 1.807) is 6.20 Å². The third-order valence-electron chi connectivity index (χ3n) is 4.85. The van der Waals surface area contributed by atoms with Gasteiger partial charge in [0, 0.05) is 17.9 Å². The smallest absolute Gasteiger partial charge is 0.192 e. The molecular weight excluding hydrogens is 359 g/mol. The number of hydrogen-bond acceptors (Lipinski definition) is 4. The molecule has 1 aromatic carbocycles. The van der Waals surface area contributed by atoms with Crippen molar-refractivity contribution < 1.29 is 8.99 Å². The quantitative estimate of drug-likeness (QED) is 0.463. The Hall–Kier alpha value is -1.29. The lowest BCUT2D eigenvalue weighted by Crippen LogP contribution is -2.40. The molecular formula is C20H31N2O2PSi. The lowest BCUT2D eigenvalue weighted by Gasteiger charge is -2.36. The van der Waals surface area contributed by atoms with Gasteiger partial charge in [0.15, 0.2) is 14.1 Å². The number of benzene rings is 1. The van der Waals surface area contributed by atoms with E-state index in [1.165, 1.54) is 0 Å². The van der Waals surface area contributed by atoms with Crippen molar-refractivity contribution in [3.05, 3.63) is 47.8 Å². The van der Waals surface area contributed by atoms with E-state index in [0.29, 0.717) is 18.6 Å². The Morgan fingerprint density at radius 1 is 1.15 bits per heavy atom. The van der Waals surface area contributed by atoms with Gasteiger partial charge in [-0.05, 0) is 49.2 Å². The van der Waals surface area contributed by atoms with Gasteiger partial charge in [0.25, 0.3) is 0 Å². The summed E-state index contributed by atoms with van der Waals surface area (Å²) in [6.07, 6.45) is 2.37. The molecule has 2 rings (SSSR count). The van der Waals surface area contributed by atoms with E-state index in [4.69, 9.17) is 4.43 Å². The Bertz CT molecular complexity index is 809. The fourth-order valence-corrected chi connectivity index (χ4v) is 4.35. The van der Waals surface area contributed by atoms with Gasteiger partial charge in [-0.1, -0.05) is 39.0 Å². The lowest BCUT2D eigenvalue weighted by atomic mass is 10.1. The summed E-state index contributed by atoms with van der Waals surface area (Å²) in [5.74, 6) is 0.685. The van der Waals surface area contributed by atoms with Gasteiger partial charge in [-0.3, -0.25) is 0 Å². The molecule has 0 aliphatic heterocycles. The molecule has 0 N–H and O–H groups in total. The number of rotatable bonds is 6. The molecule has 26 heavy (non-hydrogen) atoms. The van der Waals surface area contributed by atoms with Gasteiger partial charge in [-0.25, -0.2) is 9.97 Å². The first kappa shape index (κ1) is 21.0. The maximum Gasteiger partial charge on any atom is 0.192 e. The summed E-state index contributed by atoms with van der Waals surface area (Å²) in [6.45, 7) is 15.3. The summed E-state index contributed by atoms with van der Waals surface area (Å²) in [5, 5.41) is 0.172. The van der Waals surface area contributed by atoms with Crippen LogP contribution in [0.4, 0.5) is 0 Å². The summed E-state index contributed by atoms with van der Waals surface area (Å²) in [6, 6.07) is 9.92. The van der Waals surface area contributed by atoms with Crippen molar-refractivity contribution in [3.8, 4) is 11.4 Å². The summed E-state index contributed by atoms with van der Waals surface area (Å²) in [5.41, 5.74) is 2.90. The molecule has 0 spiro atoms. The maximum absolute atomic E-state index is 12.1. The van der Waals surface area contributed by atoms with Crippen LogP contribution in [0.2, 0.25) is 18.1 Å². The molecule has 0 amide bonds. The number of hydrogen-bond donors (Lipinski definition) is 0. The Labute approximate surface area is 158 Å². The molecule has 0 saturated heterocycles. The summed E-state index contributed by atoms with van der Waals surface area (Å²) in [7, 11) is -3.92. The van der Waals surface area contributed by atoms with Crippen molar-refractivity contribution in [1.82, 2.24) is 9.97 Å². The van der Waals surface area contributed by atoms with Crippen molar-refractivity contribution in [2.24, 2.45) is 0 Å².